The minimum Gasteiger partial charge on any atom is -0.356 e. The number of nitrogens with one attached hydrogen (secondary N) is 1. The van der Waals surface area contributed by atoms with E-state index in [0.717, 1.165) is 49.8 Å². The maximum Gasteiger partial charge on any atom is 0.224 e. The SMILES string of the molecule is CC1=CC(C)C(C)C(CN2CC(Nc3nccc(N4CCCCCC4)n3)C2)C1. The molecule has 3 heterocycles. The van der Waals surface area contributed by atoms with E-state index in [2.05, 4.69) is 53.0 Å². The van der Waals surface area contributed by atoms with E-state index >= 15 is 0 Å². The van der Waals surface area contributed by atoms with E-state index in [0.29, 0.717) is 12.0 Å². The molecular weight excluding hydrogens is 346 g/mol. The van der Waals surface area contributed by atoms with Crippen LogP contribution in [0.4, 0.5) is 11.8 Å². The van der Waals surface area contributed by atoms with E-state index in [9.17, 15) is 0 Å². The highest BCUT2D eigenvalue weighted by atomic mass is 15.3. The molecule has 5 nitrogen and oxygen atoms in total. The van der Waals surface area contributed by atoms with Crippen molar-refractivity contribution in [3.63, 3.8) is 0 Å². The smallest absolute Gasteiger partial charge is 0.224 e. The lowest BCUT2D eigenvalue weighted by Gasteiger charge is -2.44. The van der Waals surface area contributed by atoms with Gasteiger partial charge < -0.3 is 10.2 Å². The first-order valence-electron chi connectivity index (χ1n) is 11.3. The fourth-order valence-electron chi connectivity index (χ4n) is 5.15. The van der Waals surface area contributed by atoms with Gasteiger partial charge in [-0.3, -0.25) is 4.90 Å². The molecule has 28 heavy (non-hydrogen) atoms. The number of likely N-dealkylation sites (tertiary alicyclic amines) is 1. The van der Waals surface area contributed by atoms with Crippen LogP contribution in [0.15, 0.2) is 23.9 Å². The van der Waals surface area contributed by atoms with Crippen molar-refractivity contribution in [3.8, 4) is 0 Å². The zero-order valence-corrected chi connectivity index (χ0v) is 17.9. The molecule has 0 amide bonds. The molecule has 2 fully saturated rings. The lowest BCUT2D eigenvalue weighted by atomic mass is 9.74. The highest BCUT2D eigenvalue weighted by Gasteiger charge is 2.33. The normalized spacial score (nSPS) is 29.8. The Balaban J connectivity index is 1.27. The van der Waals surface area contributed by atoms with Crippen LogP contribution in [-0.4, -0.2) is 53.6 Å². The van der Waals surface area contributed by atoms with Crippen molar-refractivity contribution < 1.29 is 0 Å². The Morgan fingerprint density at radius 3 is 2.61 bits per heavy atom. The zero-order chi connectivity index (χ0) is 19.5. The van der Waals surface area contributed by atoms with E-state index in [4.69, 9.17) is 4.98 Å². The minimum absolute atomic E-state index is 0.479. The average molecular weight is 384 g/mol. The predicted molar refractivity (Wildman–Crippen MR) is 117 cm³/mol. The first-order chi connectivity index (χ1) is 13.6. The second kappa shape index (κ2) is 8.81. The van der Waals surface area contributed by atoms with Crippen LogP contribution in [0.25, 0.3) is 0 Å². The van der Waals surface area contributed by atoms with Gasteiger partial charge in [0.05, 0.1) is 6.04 Å². The average Bonchev–Trinajstić information content (AvgIpc) is 2.93. The molecule has 2 aliphatic heterocycles. The number of anilines is 2. The number of allylic oxidation sites excluding steroid dienone is 2. The topological polar surface area (TPSA) is 44.3 Å². The highest BCUT2D eigenvalue weighted by molar-refractivity contribution is 5.43. The molecule has 0 aromatic carbocycles. The number of hydrogen-bond donors (Lipinski definition) is 1. The lowest BCUT2D eigenvalue weighted by Crippen LogP contribution is -2.56. The van der Waals surface area contributed by atoms with Crippen LogP contribution in [0.1, 0.15) is 52.9 Å². The molecule has 3 atom stereocenters. The van der Waals surface area contributed by atoms with Crippen LogP contribution in [-0.2, 0) is 0 Å². The largest absolute Gasteiger partial charge is 0.356 e. The van der Waals surface area contributed by atoms with Crippen molar-refractivity contribution in [2.24, 2.45) is 17.8 Å². The fraction of sp³-hybridized carbons (Fsp3) is 0.739. The van der Waals surface area contributed by atoms with Gasteiger partial charge >= 0.3 is 0 Å². The van der Waals surface area contributed by atoms with Gasteiger partial charge in [-0.1, -0.05) is 38.3 Å². The van der Waals surface area contributed by atoms with Crippen LogP contribution < -0.4 is 10.2 Å². The van der Waals surface area contributed by atoms with Gasteiger partial charge in [0.1, 0.15) is 5.82 Å². The summed E-state index contributed by atoms with van der Waals surface area (Å²) in [5.74, 6) is 4.17. The molecule has 2 saturated heterocycles. The summed E-state index contributed by atoms with van der Waals surface area (Å²) in [5, 5.41) is 3.57. The maximum absolute atomic E-state index is 4.81. The van der Waals surface area contributed by atoms with Gasteiger partial charge in [0, 0.05) is 38.9 Å². The van der Waals surface area contributed by atoms with Gasteiger partial charge in [0.2, 0.25) is 5.95 Å². The highest BCUT2D eigenvalue weighted by Crippen LogP contribution is 2.34. The summed E-state index contributed by atoms with van der Waals surface area (Å²) in [6.07, 6.45) is 10.9. The number of aromatic nitrogens is 2. The fourth-order valence-corrected chi connectivity index (χ4v) is 5.15. The van der Waals surface area contributed by atoms with E-state index < -0.39 is 0 Å². The standard InChI is InChI=1S/C23H37N5/c1-17-12-18(2)19(3)20(13-17)14-27-15-21(16-27)25-23-24-9-8-22(26-23)28-10-6-4-5-7-11-28/h8-9,12,18-21H,4-7,10-11,13-16H2,1-3H3,(H,24,25,26). The predicted octanol–water partition coefficient (Wildman–Crippen LogP) is 4.19. The van der Waals surface area contributed by atoms with Crippen LogP contribution in [0, 0.1) is 17.8 Å². The summed E-state index contributed by atoms with van der Waals surface area (Å²) >= 11 is 0. The Hall–Kier alpha value is -1.62. The van der Waals surface area contributed by atoms with Gasteiger partial charge in [-0.05, 0) is 50.0 Å². The first kappa shape index (κ1) is 19.7. The number of nitrogens with zero attached hydrogens (tertiary/aromatic N) is 4. The molecule has 1 aromatic rings. The molecular formula is C23H37N5. The van der Waals surface area contributed by atoms with E-state index in [1.807, 2.05) is 6.20 Å². The molecule has 0 bridgehead atoms. The Bertz CT molecular complexity index is 673. The summed E-state index contributed by atoms with van der Waals surface area (Å²) in [6, 6.07) is 2.54. The second-order valence-electron chi connectivity index (χ2n) is 9.39. The molecule has 5 heteroatoms. The van der Waals surface area contributed by atoms with Crippen LogP contribution in [0.5, 0.6) is 0 Å². The van der Waals surface area contributed by atoms with Crippen LogP contribution in [0.2, 0.25) is 0 Å². The minimum atomic E-state index is 0.479. The Morgan fingerprint density at radius 1 is 1.11 bits per heavy atom. The van der Waals surface area contributed by atoms with E-state index in [1.165, 1.54) is 38.6 Å². The van der Waals surface area contributed by atoms with Gasteiger partial charge in [-0.25, -0.2) is 4.98 Å². The van der Waals surface area contributed by atoms with Crippen LogP contribution in [0.3, 0.4) is 0 Å². The van der Waals surface area contributed by atoms with Crippen LogP contribution >= 0.6 is 0 Å². The molecule has 0 saturated carbocycles. The van der Waals surface area contributed by atoms with E-state index in [1.54, 1.807) is 5.57 Å². The summed E-state index contributed by atoms with van der Waals surface area (Å²) in [6.45, 7) is 12.8. The molecule has 0 spiro atoms. The van der Waals surface area contributed by atoms with Crippen molar-refractivity contribution in [2.45, 2.75) is 58.9 Å². The van der Waals surface area contributed by atoms with Crippen molar-refractivity contribution in [3.05, 3.63) is 23.9 Å². The van der Waals surface area contributed by atoms with E-state index in [-0.39, 0.29) is 0 Å². The van der Waals surface area contributed by atoms with Gasteiger partial charge in [-0.2, -0.15) is 4.98 Å². The molecule has 4 rings (SSSR count). The summed E-state index contributed by atoms with van der Waals surface area (Å²) < 4.78 is 0. The van der Waals surface area contributed by atoms with Crippen molar-refractivity contribution in [1.82, 2.24) is 14.9 Å². The summed E-state index contributed by atoms with van der Waals surface area (Å²) in [4.78, 5) is 14.3. The second-order valence-corrected chi connectivity index (χ2v) is 9.39. The molecule has 0 radical (unpaired) electrons. The lowest BCUT2D eigenvalue weighted by molar-refractivity contribution is 0.105. The zero-order valence-electron chi connectivity index (χ0n) is 17.9. The summed E-state index contributed by atoms with van der Waals surface area (Å²) in [7, 11) is 0. The number of rotatable bonds is 5. The molecule has 154 valence electrons. The van der Waals surface area contributed by atoms with Crippen molar-refractivity contribution in [1.29, 1.82) is 0 Å². The first-order valence-corrected chi connectivity index (χ1v) is 11.3. The van der Waals surface area contributed by atoms with Gasteiger partial charge in [0.25, 0.3) is 0 Å². The molecule has 1 N–H and O–H groups in total. The quantitative estimate of drug-likeness (QED) is 0.772. The molecule has 1 aliphatic carbocycles. The van der Waals surface area contributed by atoms with Crippen molar-refractivity contribution >= 4 is 11.8 Å². The molecule has 3 unspecified atom stereocenters. The third-order valence-electron chi connectivity index (χ3n) is 7.06. The Kier molecular flexibility index (Phi) is 6.19. The monoisotopic (exact) mass is 383 g/mol. The third kappa shape index (κ3) is 4.68. The maximum atomic E-state index is 4.81. The summed E-state index contributed by atoms with van der Waals surface area (Å²) in [5.41, 5.74) is 1.57. The van der Waals surface area contributed by atoms with Crippen molar-refractivity contribution in [2.75, 3.05) is 42.9 Å². The Labute approximate surface area is 170 Å². The molecule has 3 aliphatic rings. The Morgan fingerprint density at radius 2 is 1.86 bits per heavy atom. The van der Waals surface area contributed by atoms with Gasteiger partial charge in [-0.15, -0.1) is 0 Å². The van der Waals surface area contributed by atoms with Gasteiger partial charge in [0.15, 0.2) is 0 Å². The third-order valence-corrected chi connectivity index (χ3v) is 7.06. The number of hydrogen-bond acceptors (Lipinski definition) is 5. The molecule has 1 aromatic heterocycles.